The Bertz CT molecular complexity index is 220. The van der Waals surface area contributed by atoms with Crippen molar-refractivity contribution < 1.29 is 14.2 Å². The van der Waals surface area contributed by atoms with Gasteiger partial charge < -0.3 is 4.57 Å². The molecule has 1 heterocycles. The van der Waals surface area contributed by atoms with Gasteiger partial charge in [-0.2, -0.15) is 0 Å². The zero-order valence-electron chi connectivity index (χ0n) is 6.64. The molecule has 0 N–H and O–H groups in total. The van der Waals surface area contributed by atoms with Crippen LogP contribution in [-0.4, -0.2) is 17.5 Å². The van der Waals surface area contributed by atoms with E-state index in [0.29, 0.717) is 6.16 Å². The molecule has 62 valence electrons. The van der Waals surface area contributed by atoms with Crippen LogP contribution in [0.1, 0.15) is 20.3 Å². The van der Waals surface area contributed by atoms with Gasteiger partial charge in [-0.05, 0) is 5.41 Å². The molecule has 0 bridgehead atoms. The number of carbonyl (C=O) groups is 2. The number of rotatable bonds is 0. The van der Waals surface area contributed by atoms with Gasteiger partial charge in [0, 0.05) is 12.6 Å². The summed E-state index contributed by atoms with van der Waals surface area (Å²) in [7, 11) is -2.26. The summed E-state index contributed by atoms with van der Waals surface area (Å²) >= 11 is 0. The molecule has 0 aliphatic carbocycles. The number of hydrogen-bond donors (Lipinski definition) is 0. The van der Waals surface area contributed by atoms with Gasteiger partial charge in [0.25, 0.3) is 5.52 Å². The molecule has 0 aromatic heterocycles. The molecule has 11 heavy (non-hydrogen) atoms. The maximum atomic E-state index is 11.0. The number of ketones is 1. The van der Waals surface area contributed by atoms with Crippen LogP contribution in [0.3, 0.4) is 0 Å². The summed E-state index contributed by atoms with van der Waals surface area (Å²) in [6.07, 6.45) is 0.643. The highest BCUT2D eigenvalue weighted by Crippen LogP contribution is 2.40. The monoisotopic (exact) mass is 174 g/mol. The molecule has 1 aliphatic heterocycles. The van der Waals surface area contributed by atoms with Gasteiger partial charge in [-0.15, -0.1) is 0 Å². The highest BCUT2D eigenvalue weighted by Gasteiger charge is 2.36. The van der Waals surface area contributed by atoms with E-state index in [0.717, 1.165) is 0 Å². The van der Waals surface area contributed by atoms with Crippen molar-refractivity contribution in [2.45, 2.75) is 20.3 Å². The first-order valence-corrected chi connectivity index (χ1v) is 5.14. The molecule has 0 spiro atoms. The highest BCUT2D eigenvalue weighted by atomic mass is 31.1. The minimum atomic E-state index is -2.26. The summed E-state index contributed by atoms with van der Waals surface area (Å²) in [5.41, 5.74) is -0.865. The predicted octanol–water partition coefficient (Wildman–Crippen LogP) is 1.07. The molecule has 1 aliphatic rings. The first-order chi connectivity index (χ1) is 4.92. The van der Waals surface area contributed by atoms with Crippen LogP contribution in [0.5, 0.6) is 0 Å². The Morgan fingerprint density at radius 2 is 1.91 bits per heavy atom. The molecule has 1 atom stereocenters. The lowest BCUT2D eigenvalue weighted by atomic mass is 9.89. The van der Waals surface area contributed by atoms with Crippen molar-refractivity contribution in [1.29, 1.82) is 0 Å². The van der Waals surface area contributed by atoms with Crippen molar-refractivity contribution in [3.8, 4) is 0 Å². The zero-order chi connectivity index (χ0) is 8.65. The lowest BCUT2D eigenvalue weighted by molar-refractivity contribution is -0.133. The van der Waals surface area contributed by atoms with Gasteiger partial charge >= 0.3 is 0 Å². The van der Waals surface area contributed by atoms with Crippen LogP contribution in [0.4, 0.5) is 0 Å². The van der Waals surface area contributed by atoms with E-state index in [-0.39, 0.29) is 11.8 Å². The van der Waals surface area contributed by atoms with Gasteiger partial charge in [0.2, 0.25) is 5.78 Å². The largest absolute Gasteiger partial charge is 0.318 e. The molecular weight excluding hydrogens is 163 g/mol. The van der Waals surface area contributed by atoms with E-state index in [4.69, 9.17) is 0 Å². The van der Waals surface area contributed by atoms with Crippen molar-refractivity contribution in [1.82, 2.24) is 0 Å². The van der Waals surface area contributed by atoms with Crippen LogP contribution in [0.25, 0.3) is 0 Å². The van der Waals surface area contributed by atoms with E-state index in [1.54, 1.807) is 0 Å². The average Bonchev–Trinajstić information content (AvgIpc) is 1.81. The van der Waals surface area contributed by atoms with E-state index in [2.05, 4.69) is 0 Å². The summed E-state index contributed by atoms with van der Waals surface area (Å²) in [5, 5.41) is 0. The molecule has 0 amide bonds. The Morgan fingerprint density at radius 3 is 2.36 bits per heavy atom. The minimum absolute atomic E-state index is 0.235. The van der Waals surface area contributed by atoms with Crippen LogP contribution in [-0.2, 0) is 14.2 Å². The second kappa shape index (κ2) is 2.56. The van der Waals surface area contributed by atoms with Crippen LogP contribution in [0, 0.1) is 5.41 Å². The van der Waals surface area contributed by atoms with E-state index in [1.165, 1.54) is 0 Å². The van der Waals surface area contributed by atoms with E-state index >= 15 is 0 Å². The topological polar surface area (TPSA) is 51.2 Å². The Balaban J connectivity index is 2.87. The molecule has 1 fully saturated rings. The van der Waals surface area contributed by atoms with Crippen molar-refractivity contribution in [3.63, 3.8) is 0 Å². The summed E-state index contributed by atoms with van der Waals surface area (Å²) in [4.78, 5) is 21.7. The molecule has 1 rings (SSSR count). The fraction of sp³-hybridized carbons (Fsp3) is 0.714. The first kappa shape index (κ1) is 8.66. The molecule has 0 saturated carbocycles. The molecule has 1 saturated heterocycles. The van der Waals surface area contributed by atoms with Gasteiger partial charge in [-0.25, -0.2) is 0 Å². The van der Waals surface area contributed by atoms with E-state index < -0.39 is 19.1 Å². The van der Waals surface area contributed by atoms with Crippen LogP contribution in [0.15, 0.2) is 0 Å². The molecular formula is C7H11O3P. The molecule has 1 unspecified atom stereocenters. The highest BCUT2D eigenvalue weighted by molar-refractivity contribution is 7.67. The quantitative estimate of drug-likeness (QED) is 0.407. The van der Waals surface area contributed by atoms with Crippen molar-refractivity contribution in [3.05, 3.63) is 0 Å². The molecule has 0 aromatic carbocycles. The molecule has 4 heteroatoms. The minimum Gasteiger partial charge on any atom is -0.318 e. The second-order valence-corrected chi connectivity index (χ2v) is 5.35. The second-order valence-electron chi connectivity index (χ2n) is 3.69. The van der Waals surface area contributed by atoms with Crippen molar-refractivity contribution in [2.24, 2.45) is 5.41 Å². The fourth-order valence-corrected chi connectivity index (χ4v) is 2.80. The van der Waals surface area contributed by atoms with Crippen molar-refractivity contribution in [2.75, 3.05) is 6.16 Å². The van der Waals surface area contributed by atoms with Crippen LogP contribution >= 0.6 is 7.80 Å². The lowest BCUT2D eigenvalue weighted by Gasteiger charge is -2.26. The standard InChI is InChI=1S/C7H11O3P/c1-7(2)3-5(8)6(9)11(10)4-7/h11H,3-4H2,1-2H3. The summed E-state index contributed by atoms with van der Waals surface area (Å²) < 4.78 is 11.0. The predicted molar refractivity (Wildman–Crippen MR) is 42.3 cm³/mol. The third kappa shape index (κ3) is 1.78. The first-order valence-electron chi connectivity index (χ1n) is 3.53. The van der Waals surface area contributed by atoms with Gasteiger partial charge in [0.1, 0.15) is 7.80 Å². The normalized spacial score (nSPS) is 30.5. The summed E-state index contributed by atoms with van der Waals surface area (Å²) in [5.74, 6) is -0.454. The molecule has 0 radical (unpaired) electrons. The average molecular weight is 174 g/mol. The zero-order valence-corrected chi connectivity index (χ0v) is 7.64. The number of carbonyl (C=O) groups excluding carboxylic acids is 2. The van der Waals surface area contributed by atoms with Gasteiger partial charge in [0.05, 0.1) is 0 Å². The molecule has 3 nitrogen and oxygen atoms in total. The van der Waals surface area contributed by atoms with Gasteiger partial charge in [-0.1, -0.05) is 13.8 Å². The van der Waals surface area contributed by atoms with Gasteiger partial charge in [0.15, 0.2) is 0 Å². The fourth-order valence-electron chi connectivity index (χ4n) is 1.25. The third-order valence-electron chi connectivity index (χ3n) is 1.78. The third-order valence-corrected chi connectivity index (χ3v) is 3.85. The maximum Gasteiger partial charge on any atom is 0.253 e. The Hall–Kier alpha value is -0.430. The Kier molecular flexibility index (Phi) is 2.02. The van der Waals surface area contributed by atoms with Crippen LogP contribution in [0.2, 0.25) is 0 Å². The summed E-state index contributed by atoms with van der Waals surface area (Å²) in [6.45, 7) is 3.72. The smallest absolute Gasteiger partial charge is 0.253 e. The van der Waals surface area contributed by atoms with Gasteiger partial charge in [-0.3, -0.25) is 9.59 Å². The SMILES string of the molecule is CC1(C)CC(=O)C(=O)[PH](=O)C1. The Morgan fingerprint density at radius 1 is 1.36 bits per heavy atom. The van der Waals surface area contributed by atoms with Crippen molar-refractivity contribution >= 4 is 19.1 Å². The number of hydrogen-bond acceptors (Lipinski definition) is 3. The van der Waals surface area contributed by atoms with Crippen LogP contribution < -0.4 is 0 Å². The maximum absolute atomic E-state index is 11.0. The molecule has 0 aromatic rings. The summed E-state index contributed by atoms with van der Waals surface area (Å²) in [6, 6.07) is 0. The number of Topliss-reactive ketones (excluding diaryl/α,β-unsaturated/α-hetero) is 1. The lowest BCUT2D eigenvalue weighted by Crippen LogP contribution is -2.29. The Labute approximate surface area is 66.0 Å². The van der Waals surface area contributed by atoms with E-state index in [9.17, 15) is 14.2 Å². The van der Waals surface area contributed by atoms with E-state index in [1.807, 2.05) is 13.8 Å².